The van der Waals surface area contributed by atoms with E-state index in [1.807, 2.05) is 32.9 Å². The van der Waals surface area contributed by atoms with E-state index in [0.29, 0.717) is 48.0 Å². The Morgan fingerprint density at radius 3 is 2.68 bits per heavy atom. The second-order valence-electron chi connectivity index (χ2n) is 8.21. The summed E-state index contributed by atoms with van der Waals surface area (Å²) in [6.07, 6.45) is -0.492. The highest BCUT2D eigenvalue weighted by Gasteiger charge is 2.23. The number of amides is 1. The van der Waals surface area contributed by atoms with Gasteiger partial charge in [-0.1, -0.05) is 20.8 Å². The Morgan fingerprint density at radius 2 is 1.97 bits per heavy atom. The third-order valence-corrected chi connectivity index (χ3v) is 5.87. The smallest absolute Gasteiger partial charge is 0.312 e. The molecule has 1 aliphatic heterocycles. The highest BCUT2D eigenvalue weighted by Crippen LogP contribution is 2.36. The summed E-state index contributed by atoms with van der Waals surface area (Å²) in [6.45, 7) is 6.39. The maximum absolute atomic E-state index is 13.9. The number of benzene rings is 1. The predicted molar refractivity (Wildman–Crippen MR) is 120 cm³/mol. The van der Waals surface area contributed by atoms with Crippen molar-refractivity contribution in [3.05, 3.63) is 33.2 Å². The molecule has 0 saturated carbocycles. The fourth-order valence-corrected chi connectivity index (χ4v) is 3.85. The highest BCUT2D eigenvalue weighted by molar-refractivity contribution is 14.1. The predicted octanol–water partition coefficient (Wildman–Crippen LogP) is 2.63. The molecule has 9 nitrogen and oxygen atoms in total. The lowest BCUT2D eigenvalue weighted by molar-refractivity contribution is -0.128. The summed E-state index contributed by atoms with van der Waals surface area (Å²) in [5.41, 5.74) is 6.97. The molecule has 2 aromatic heterocycles. The fourth-order valence-electron chi connectivity index (χ4n) is 3.22. The number of fused-ring (bicyclic) bond motifs is 2. The number of anilines is 1. The van der Waals surface area contributed by atoms with Crippen molar-refractivity contribution in [1.29, 1.82) is 0 Å². The Balaban J connectivity index is 1.68. The maximum Gasteiger partial charge on any atom is 0.312 e. The summed E-state index contributed by atoms with van der Waals surface area (Å²) < 4.78 is 27.5. The molecule has 3 N–H and O–H groups in total. The van der Waals surface area contributed by atoms with Gasteiger partial charge in [0.2, 0.25) is 12.7 Å². The van der Waals surface area contributed by atoms with E-state index in [-0.39, 0.29) is 18.5 Å². The van der Waals surface area contributed by atoms with Gasteiger partial charge in [-0.15, -0.1) is 0 Å². The molecule has 4 rings (SSSR count). The molecule has 0 radical (unpaired) electrons. The van der Waals surface area contributed by atoms with Crippen LogP contribution in [0.15, 0.2) is 12.1 Å². The van der Waals surface area contributed by atoms with Crippen LogP contribution in [0.5, 0.6) is 11.5 Å². The van der Waals surface area contributed by atoms with Crippen LogP contribution in [0.3, 0.4) is 0 Å². The monoisotopic (exact) mass is 540 g/mol. The lowest BCUT2D eigenvalue weighted by Gasteiger charge is -2.18. The topological polar surface area (TPSA) is 117 Å². The number of halogens is 2. The quantitative estimate of drug-likeness (QED) is 0.378. The highest BCUT2D eigenvalue weighted by atomic mass is 127. The van der Waals surface area contributed by atoms with Crippen LogP contribution in [-0.4, -0.2) is 38.8 Å². The molecule has 0 aliphatic carbocycles. The molecule has 164 valence electrons. The van der Waals surface area contributed by atoms with Gasteiger partial charge in [-0.25, -0.2) is 4.98 Å². The minimum absolute atomic E-state index is 0.0263. The van der Waals surface area contributed by atoms with E-state index in [9.17, 15) is 9.18 Å². The van der Waals surface area contributed by atoms with Crippen LogP contribution in [0.25, 0.3) is 11.2 Å². The van der Waals surface area contributed by atoms with E-state index in [1.54, 1.807) is 4.57 Å². The summed E-state index contributed by atoms with van der Waals surface area (Å²) in [6, 6.07) is 3.81. The van der Waals surface area contributed by atoms with Crippen molar-refractivity contribution in [2.75, 3.05) is 19.1 Å². The molecule has 0 fully saturated rings. The lowest BCUT2D eigenvalue weighted by Crippen LogP contribution is -2.36. The molecule has 31 heavy (non-hydrogen) atoms. The summed E-state index contributed by atoms with van der Waals surface area (Å²) in [5, 5.41) is 2.90. The van der Waals surface area contributed by atoms with E-state index in [4.69, 9.17) is 15.2 Å². The van der Waals surface area contributed by atoms with E-state index < -0.39 is 11.5 Å². The van der Waals surface area contributed by atoms with Gasteiger partial charge in [0.15, 0.2) is 28.5 Å². The van der Waals surface area contributed by atoms with Crippen molar-refractivity contribution in [1.82, 2.24) is 24.8 Å². The van der Waals surface area contributed by atoms with Crippen LogP contribution in [-0.2, 0) is 17.8 Å². The van der Waals surface area contributed by atoms with Gasteiger partial charge < -0.3 is 25.1 Å². The average molecular weight is 540 g/mol. The van der Waals surface area contributed by atoms with Gasteiger partial charge in [0, 0.05) is 28.5 Å². The van der Waals surface area contributed by atoms with Crippen molar-refractivity contribution in [2.45, 2.75) is 33.7 Å². The molecule has 1 aliphatic rings. The van der Waals surface area contributed by atoms with Gasteiger partial charge in [-0.3, -0.25) is 4.79 Å². The molecule has 0 atom stereocenters. The molecule has 3 aromatic rings. The van der Waals surface area contributed by atoms with Crippen LogP contribution in [0.4, 0.5) is 10.2 Å². The van der Waals surface area contributed by atoms with Crippen LogP contribution < -0.4 is 20.5 Å². The first kappa shape index (κ1) is 21.5. The molecule has 0 bridgehead atoms. The number of imidazole rings is 1. The standard InChI is InChI=1S/C20H22FIN6O3/c1-20(2,3)18(29)24-4-5-28-14(25-15-16(23)26-19(21)27-17(15)28)7-10-6-12-13(8-11(10)22)31-9-30-12/h6,8H,4-5,7,9H2,1-3H3,(H,24,29)(H2,23,26,27). The summed E-state index contributed by atoms with van der Waals surface area (Å²) in [7, 11) is 0. The number of hydrogen-bond acceptors (Lipinski definition) is 7. The first-order chi connectivity index (χ1) is 14.6. The van der Waals surface area contributed by atoms with Crippen LogP contribution in [0, 0.1) is 15.1 Å². The van der Waals surface area contributed by atoms with Crippen molar-refractivity contribution in [2.24, 2.45) is 5.41 Å². The van der Waals surface area contributed by atoms with Crippen molar-refractivity contribution in [3.63, 3.8) is 0 Å². The number of ether oxygens (including phenoxy) is 2. The Morgan fingerprint density at radius 1 is 1.26 bits per heavy atom. The maximum atomic E-state index is 13.9. The van der Waals surface area contributed by atoms with Gasteiger partial charge in [-0.05, 0) is 40.3 Å². The normalized spacial score (nSPS) is 13.1. The van der Waals surface area contributed by atoms with Crippen molar-refractivity contribution < 1.29 is 18.7 Å². The van der Waals surface area contributed by atoms with Crippen molar-refractivity contribution >= 4 is 45.5 Å². The molecular formula is C20H22FIN6O3. The number of nitrogens with two attached hydrogens (primary N) is 1. The third kappa shape index (κ3) is 4.36. The molecule has 3 heterocycles. The summed E-state index contributed by atoms with van der Waals surface area (Å²) in [4.78, 5) is 24.3. The Labute approximate surface area is 191 Å². The van der Waals surface area contributed by atoms with Crippen LogP contribution in [0.1, 0.15) is 32.2 Å². The minimum Gasteiger partial charge on any atom is -0.454 e. The fraction of sp³-hybridized carbons (Fsp3) is 0.400. The van der Waals surface area contributed by atoms with Gasteiger partial charge in [0.1, 0.15) is 5.82 Å². The largest absolute Gasteiger partial charge is 0.454 e. The molecular weight excluding hydrogens is 518 g/mol. The number of aromatic nitrogens is 4. The molecule has 11 heteroatoms. The third-order valence-electron chi connectivity index (χ3n) is 4.87. The second-order valence-corrected chi connectivity index (χ2v) is 9.37. The SMILES string of the molecule is CC(C)(C)C(=O)NCCn1c(Cc2cc3c(cc2I)OCO3)nc2c(N)nc(F)nc21. The van der Waals surface area contributed by atoms with Gasteiger partial charge in [0.05, 0.1) is 0 Å². The summed E-state index contributed by atoms with van der Waals surface area (Å²) in [5.74, 6) is 1.89. The first-order valence-corrected chi connectivity index (χ1v) is 10.8. The molecule has 0 spiro atoms. The molecule has 1 amide bonds. The zero-order valence-corrected chi connectivity index (χ0v) is 19.5. The van der Waals surface area contributed by atoms with E-state index >= 15 is 0 Å². The van der Waals surface area contributed by atoms with Gasteiger partial charge in [-0.2, -0.15) is 14.4 Å². The van der Waals surface area contributed by atoms with Crippen LogP contribution >= 0.6 is 22.6 Å². The number of nitrogen functional groups attached to an aromatic ring is 1. The first-order valence-electron chi connectivity index (χ1n) is 9.68. The second kappa shape index (κ2) is 8.09. The zero-order chi connectivity index (χ0) is 22.3. The van der Waals surface area contributed by atoms with E-state index in [1.165, 1.54) is 0 Å². The van der Waals surface area contributed by atoms with E-state index in [0.717, 1.165) is 9.13 Å². The van der Waals surface area contributed by atoms with E-state index in [2.05, 4.69) is 42.9 Å². The van der Waals surface area contributed by atoms with Crippen LogP contribution in [0.2, 0.25) is 0 Å². The zero-order valence-electron chi connectivity index (χ0n) is 17.3. The Kier molecular flexibility index (Phi) is 5.62. The van der Waals surface area contributed by atoms with Gasteiger partial charge >= 0.3 is 6.08 Å². The number of nitrogens with one attached hydrogen (secondary N) is 1. The lowest BCUT2D eigenvalue weighted by atomic mass is 9.96. The van der Waals surface area contributed by atoms with Gasteiger partial charge in [0.25, 0.3) is 0 Å². The minimum atomic E-state index is -0.922. The number of nitrogens with zero attached hydrogens (tertiary/aromatic N) is 4. The number of carbonyl (C=O) groups is 1. The Bertz CT molecular complexity index is 1170. The van der Waals surface area contributed by atoms with Crippen molar-refractivity contribution in [3.8, 4) is 11.5 Å². The number of carbonyl (C=O) groups excluding carboxylic acids is 1. The average Bonchev–Trinajstić information content (AvgIpc) is 3.26. The number of rotatable bonds is 5. The molecule has 1 aromatic carbocycles. The molecule has 0 unspecified atom stereocenters. The Hall–Kier alpha value is -2.70. The number of hydrogen-bond donors (Lipinski definition) is 2. The summed E-state index contributed by atoms with van der Waals surface area (Å²) >= 11 is 2.23. The molecule has 0 saturated heterocycles.